The number of quaternary nitrogens is 1. The number of hydrogen-bond acceptors (Lipinski definition) is 5. The number of carbonyl (C=O) groups is 1. The van der Waals surface area contributed by atoms with E-state index < -0.39 is 16.1 Å². The number of rotatable bonds is 8. The Morgan fingerprint density at radius 2 is 1.70 bits per heavy atom. The van der Waals surface area contributed by atoms with Gasteiger partial charge in [-0.15, -0.1) is 0 Å². The lowest BCUT2D eigenvalue weighted by atomic mass is 10.1. The van der Waals surface area contributed by atoms with Crippen LogP contribution in [0.1, 0.15) is 23.6 Å². The zero-order valence-corrected chi connectivity index (χ0v) is 20.5. The van der Waals surface area contributed by atoms with Crippen molar-refractivity contribution in [3.63, 3.8) is 0 Å². The number of hydrogen-bond donors (Lipinski definition) is 3. The van der Waals surface area contributed by atoms with E-state index in [4.69, 9.17) is 4.74 Å². The van der Waals surface area contributed by atoms with E-state index in [2.05, 4.69) is 5.32 Å². The van der Waals surface area contributed by atoms with E-state index in [1.807, 2.05) is 32.9 Å². The fourth-order valence-electron chi connectivity index (χ4n) is 4.37. The second-order valence-electron chi connectivity index (χ2n) is 8.76. The van der Waals surface area contributed by atoms with Crippen LogP contribution in [0.25, 0.3) is 0 Å². The van der Waals surface area contributed by atoms with Crippen molar-refractivity contribution in [3.05, 3.63) is 53.1 Å². The minimum absolute atomic E-state index is 0.140. The third kappa shape index (κ3) is 6.54. The van der Waals surface area contributed by atoms with Crippen LogP contribution in [0.3, 0.4) is 0 Å². The first-order chi connectivity index (χ1) is 15.6. The average Bonchev–Trinajstić information content (AvgIpc) is 2.72. The van der Waals surface area contributed by atoms with Gasteiger partial charge in [0, 0.05) is 12.6 Å². The Balaban J connectivity index is 1.49. The number of amides is 1. The van der Waals surface area contributed by atoms with Crippen LogP contribution in [0, 0.1) is 20.8 Å². The molecule has 0 saturated carbocycles. The summed E-state index contributed by atoms with van der Waals surface area (Å²) in [6.45, 7) is 9.84. The molecule has 0 spiro atoms. The highest BCUT2D eigenvalue weighted by atomic mass is 32.2. The highest BCUT2D eigenvalue weighted by Gasteiger charge is 2.33. The van der Waals surface area contributed by atoms with Crippen LogP contribution in [-0.2, 0) is 14.8 Å². The van der Waals surface area contributed by atoms with Crippen LogP contribution in [-0.4, -0.2) is 69.2 Å². The van der Waals surface area contributed by atoms with Crippen molar-refractivity contribution in [1.29, 1.82) is 0 Å². The maximum Gasteiger partial charge on any atom is 0.244 e. The molecule has 1 heterocycles. The highest BCUT2D eigenvalue weighted by Crippen LogP contribution is 2.25. The summed E-state index contributed by atoms with van der Waals surface area (Å²) in [5, 5.41) is 13.1. The van der Waals surface area contributed by atoms with Crippen LogP contribution < -0.4 is 15.0 Å². The topological polar surface area (TPSA) is 100 Å². The molecule has 2 aromatic rings. The van der Waals surface area contributed by atoms with Gasteiger partial charge in [0.25, 0.3) is 0 Å². The minimum Gasteiger partial charge on any atom is -0.491 e. The summed E-state index contributed by atoms with van der Waals surface area (Å²) in [4.78, 5) is 12.6. The van der Waals surface area contributed by atoms with Gasteiger partial charge in [-0.1, -0.05) is 17.7 Å². The number of ether oxygens (including phenoxy) is 1. The van der Waals surface area contributed by atoms with Crippen molar-refractivity contribution in [2.45, 2.75) is 38.7 Å². The summed E-state index contributed by atoms with van der Waals surface area (Å²) < 4.78 is 33.7. The van der Waals surface area contributed by atoms with Crippen molar-refractivity contribution in [2.75, 3.05) is 44.6 Å². The summed E-state index contributed by atoms with van der Waals surface area (Å²) in [5.74, 6) is 0.469. The third-order valence-corrected chi connectivity index (χ3v) is 7.98. The van der Waals surface area contributed by atoms with Crippen molar-refractivity contribution in [2.24, 2.45) is 0 Å². The monoisotopic (exact) mass is 476 g/mol. The Labute approximate surface area is 196 Å². The van der Waals surface area contributed by atoms with Crippen LogP contribution in [0.4, 0.5) is 5.69 Å². The van der Waals surface area contributed by atoms with Crippen molar-refractivity contribution in [1.82, 2.24) is 4.31 Å². The first kappa shape index (κ1) is 25.2. The molecule has 3 N–H and O–H groups in total. The van der Waals surface area contributed by atoms with Gasteiger partial charge in [-0.3, -0.25) is 4.79 Å². The predicted octanol–water partition coefficient (Wildman–Crippen LogP) is 0.899. The molecule has 1 atom stereocenters. The molecule has 0 bridgehead atoms. The van der Waals surface area contributed by atoms with Gasteiger partial charge in [0.05, 0.1) is 31.1 Å². The molecule has 180 valence electrons. The number of piperazine rings is 1. The number of aryl methyl sites for hydroxylation is 3. The number of nitrogens with one attached hydrogen (secondary N) is 2. The van der Waals surface area contributed by atoms with E-state index in [0.717, 1.165) is 21.6 Å². The third-order valence-electron chi connectivity index (χ3n) is 5.77. The first-order valence-electron chi connectivity index (χ1n) is 11.2. The molecular weight excluding hydrogens is 442 g/mol. The number of anilines is 1. The summed E-state index contributed by atoms with van der Waals surface area (Å²) in [6, 6.07) is 10.8. The Hall–Kier alpha value is -2.46. The second-order valence-corrected chi connectivity index (χ2v) is 10.6. The number of benzene rings is 2. The summed E-state index contributed by atoms with van der Waals surface area (Å²) in [5.41, 5.74) is 3.29. The van der Waals surface area contributed by atoms with Crippen molar-refractivity contribution >= 4 is 21.6 Å². The lowest BCUT2D eigenvalue weighted by molar-refractivity contribution is -0.906. The largest absolute Gasteiger partial charge is 0.491 e. The van der Waals surface area contributed by atoms with Gasteiger partial charge >= 0.3 is 0 Å². The Morgan fingerprint density at radius 3 is 2.24 bits per heavy atom. The molecule has 1 amide bonds. The molecule has 1 aliphatic heterocycles. The molecule has 0 aliphatic carbocycles. The fraction of sp³-hybridized carbons (Fsp3) is 0.458. The van der Waals surface area contributed by atoms with Crippen LogP contribution in [0.5, 0.6) is 5.75 Å². The molecular formula is C24H34N3O5S+. The van der Waals surface area contributed by atoms with Gasteiger partial charge in [-0.2, -0.15) is 4.31 Å². The first-order valence-corrected chi connectivity index (χ1v) is 12.6. The van der Waals surface area contributed by atoms with Gasteiger partial charge in [0.1, 0.15) is 25.0 Å². The number of aliphatic hydroxyl groups is 1. The summed E-state index contributed by atoms with van der Waals surface area (Å²) in [6.07, 6.45) is -0.667. The van der Waals surface area contributed by atoms with E-state index in [1.165, 1.54) is 6.92 Å². The van der Waals surface area contributed by atoms with Gasteiger partial charge in [-0.05, 0) is 56.2 Å². The quantitative estimate of drug-likeness (QED) is 0.526. The molecule has 3 rings (SSSR count). The molecule has 1 fully saturated rings. The van der Waals surface area contributed by atoms with Gasteiger partial charge < -0.3 is 20.1 Å². The van der Waals surface area contributed by atoms with Crippen LogP contribution in [0.2, 0.25) is 0 Å². The van der Waals surface area contributed by atoms with E-state index in [9.17, 15) is 18.3 Å². The van der Waals surface area contributed by atoms with Crippen LogP contribution in [0.15, 0.2) is 41.3 Å². The Bertz CT molecular complexity index is 1050. The zero-order valence-electron chi connectivity index (χ0n) is 19.7. The molecule has 1 saturated heterocycles. The standard InChI is InChI=1S/C24H33N3O5S/c1-17-13-18(2)24(19(3)14-17)33(30,31)27-11-9-26(10-12-27)15-22(29)16-32-23-7-5-21(6-8-23)25-20(4)28/h5-8,13-14,22,29H,9-12,15-16H2,1-4H3,(H,25,28)/p+1/t22-/m1/s1. The van der Waals surface area contributed by atoms with Gasteiger partial charge in [0.15, 0.2) is 0 Å². The lowest BCUT2D eigenvalue weighted by Gasteiger charge is -2.33. The molecule has 9 heteroatoms. The minimum atomic E-state index is -3.54. The number of aliphatic hydroxyl groups excluding tert-OH is 1. The maximum atomic E-state index is 13.2. The molecule has 0 unspecified atom stereocenters. The number of carbonyl (C=O) groups excluding carboxylic acids is 1. The van der Waals surface area contributed by atoms with Crippen LogP contribution >= 0.6 is 0 Å². The number of sulfonamides is 1. The summed E-state index contributed by atoms with van der Waals surface area (Å²) in [7, 11) is -3.54. The molecule has 2 aromatic carbocycles. The van der Waals surface area contributed by atoms with Crippen molar-refractivity contribution < 1.29 is 28.0 Å². The van der Waals surface area contributed by atoms with Crippen molar-refractivity contribution in [3.8, 4) is 5.75 Å². The van der Waals surface area contributed by atoms with E-state index in [-0.39, 0.29) is 12.5 Å². The molecule has 0 aromatic heterocycles. The molecule has 33 heavy (non-hydrogen) atoms. The van der Waals surface area contributed by atoms with E-state index >= 15 is 0 Å². The second kappa shape index (κ2) is 10.6. The molecule has 8 nitrogen and oxygen atoms in total. The highest BCUT2D eigenvalue weighted by molar-refractivity contribution is 7.89. The van der Waals surface area contributed by atoms with E-state index in [0.29, 0.717) is 49.1 Å². The van der Waals surface area contributed by atoms with Gasteiger partial charge in [0.2, 0.25) is 15.9 Å². The number of nitrogens with zero attached hydrogens (tertiary/aromatic N) is 1. The Morgan fingerprint density at radius 1 is 1.12 bits per heavy atom. The lowest BCUT2D eigenvalue weighted by Crippen LogP contribution is -3.15. The smallest absolute Gasteiger partial charge is 0.244 e. The summed E-state index contributed by atoms with van der Waals surface area (Å²) >= 11 is 0. The normalized spacial score (nSPS) is 16.4. The Kier molecular flexibility index (Phi) is 8.12. The van der Waals surface area contributed by atoms with E-state index in [1.54, 1.807) is 28.6 Å². The average molecular weight is 477 g/mol. The predicted molar refractivity (Wildman–Crippen MR) is 127 cm³/mol. The fourth-order valence-corrected chi connectivity index (χ4v) is 6.23. The maximum absolute atomic E-state index is 13.2. The SMILES string of the molecule is CC(=O)Nc1ccc(OC[C@H](O)C[NH+]2CCN(S(=O)(=O)c3c(C)cc(C)cc3C)CC2)cc1. The zero-order chi connectivity index (χ0) is 24.2. The van der Waals surface area contributed by atoms with Gasteiger partial charge in [-0.25, -0.2) is 8.42 Å². The molecule has 1 aliphatic rings. The molecule has 0 radical (unpaired) electrons.